The quantitative estimate of drug-likeness (QED) is 0.533. The van der Waals surface area contributed by atoms with Gasteiger partial charge in [0.15, 0.2) is 0 Å². The van der Waals surface area contributed by atoms with E-state index < -0.39 is 5.91 Å². The third-order valence-electron chi connectivity index (χ3n) is 5.74. The summed E-state index contributed by atoms with van der Waals surface area (Å²) in [5.41, 5.74) is 1.75. The summed E-state index contributed by atoms with van der Waals surface area (Å²) < 4.78 is 5.46. The van der Waals surface area contributed by atoms with Crippen molar-refractivity contribution in [1.29, 1.82) is 0 Å². The van der Waals surface area contributed by atoms with E-state index in [0.29, 0.717) is 31.7 Å². The molecule has 178 valence electrons. The predicted octanol–water partition coefficient (Wildman–Crippen LogP) is 3.56. The van der Waals surface area contributed by atoms with E-state index in [-0.39, 0.29) is 27.7 Å². The van der Waals surface area contributed by atoms with Gasteiger partial charge in [-0.2, -0.15) is 0 Å². The van der Waals surface area contributed by atoms with Gasteiger partial charge in [-0.25, -0.2) is 0 Å². The molecule has 9 nitrogen and oxygen atoms in total. The first-order chi connectivity index (χ1) is 16.4. The lowest BCUT2D eigenvalue weighted by Crippen LogP contribution is -2.39. The molecule has 0 unspecified atom stereocenters. The molecule has 1 aliphatic heterocycles. The Balaban J connectivity index is 1.23. The average molecular weight is 482 g/mol. The fourth-order valence-corrected chi connectivity index (χ4v) is 4.51. The van der Waals surface area contributed by atoms with Gasteiger partial charge in [0.2, 0.25) is 15.9 Å². The molecule has 0 spiro atoms. The number of furan rings is 1. The number of carbonyl (C=O) groups is 3. The maximum atomic E-state index is 12.8. The Morgan fingerprint density at radius 2 is 1.74 bits per heavy atom. The number of piperidine rings is 1. The molecule has 1 aromatic carbocycles. The molecule has 3 amide bonds. The number of likely N-dealkylation sites (tertiary alicyclic amines) is 1. The number of benzene rings is 1. The monoisotopic (exact) mass is 481 g/mol. The van der Waals surface area contributed by atoms with Crippen molar-refractivity contribution in [3.05, 3.63) is 63.5 Å². The number of amides is 3. The summed E-state index contributed by atoms with van der Waals surface area (Å²) in [6.45, 7) is 5.29. The highest BCUT2D eigenvalue weighted by Gasteiger charge is 2.28. The Labute approximate surface area is 201 Å². The van der Waals surface area contributed by atoms with Gasteiger partial charge >= 0.3 is 0 Å². The normalized spacial score (nSPS) is 14.1. The molecular weight excluding hydrogens is 454 g/mol. The molecule has 4 rings (SSSR count). The number of hydrogen-bond donors (Lipinski definition) is 2. The van der Waals surface area contributed by atoms with Gasteiger partial charge in [0.1, 0.15) is 11.5 Å². The van der Waals surface area contributed by atoms with Crippen LogP contribution in [0.15, 0.2) is 40.8 Å². The lowest BCUT2D eigenvalue weighted by molar-refractivity contribution is -0.122. The van der Waals surface area contributed by atoms with E-state index in [1.54, 1.807) is 4.90 Å². The highest BCUT2D eigenvalue weighted by atomic mass is 32.1. The Morgan fingerprint density at radius 1 is 1.03 bits per heavy atom. The highest BCUT2D eigenvalue weighted by molar-refractivity contribution is 7.15. The summed E-state index contributed by atoms with van der Waals surface area (Å²) in [5.74, 6) is 1.11. The zero-order valence-corrected chi connectivity index (χ0v) is 20.0. The van der Waals surface area contributed by atoms with Gasteiger partial charge in [-0.15, -0.1) is 10.2 Å². The molecule has 10 heteroatoms. The second kappa shape index (κ2) is 10.6. The fourth-order valence-electron chi connectivity index (χ4n) is 3.80. The van der Waals surface area contributed by atoms with Gasteiger partial charge in [0.05, 0.1) is 6.54 Å². The van der Waals surface area contributed by atoms with Crippen LogP contribution < -0.4 is 10.6 Å². The molecule has 0 saturated carbocycles. The van der Waals surface area contributed by atoms with E-state index in [1.807, 2.05) is 50.2 Å². The number of carbonyl (C=O) groups excluding carboxylic acids is 3. The summed E-state index contributed by atoms with van der Waals surface area (Å²) in [5, 5.41) is 13.8. The number of aromatic nitrogens is 2. The lowest BCUT2D eigenvalue weighted by Gasteiger charge is -2.31. The second-order valence-corrected chi connectivity index (χ2v) is 9.44. The van der Waals surface area contributed by atoms with Gasteiger partial charge in [0, 0.05) is 25.2 Å². The summed E-state index contributed by atoms with van der Waals surface area (Å²) in [6.07, 6.45) is 1.89. The predicted molar refractivity (Wildman–Crippen MR) is 128 cm³/mol. The minimum Gasteiger partial charge on any atom is -0.465 e. The zero-order valence-electron chi connectivity index (χ0n) is 19.2. The summed E-state index contributed by atoms with van der Waals surface area (Å²) >= 11 is 0.984. The maximum absolute atomic E-state index is 12.8. The van der Waals surface area contributed by atoms with Crippen LogP contribution in [-0.4, -0.2) is 45.9 Å². The lowest BCUT2D eigenvalue weighted by atomic mass is 9.93. The highest BCUT2D eigenvalue weighted by Crippen LogP contribution is 2.23. The Morgan fingerprint density at radius 3 is 2.41 bits per heavy atom. The fraction of sp³-hybridized carbons (Fsp3) is 0.375. The second-order valence-electron chi connectivity index (χ2n) is 8.46. The molecule has 1 aliphatic rings. The van der Waals surface area contributed by atoms with Gasteiger partial charge < -0.3 is 20.0 Å². The van der Waals surface area contributed by atoms with Crippen LogP contribution in [0, 0.1) is 19.8 Å². The van der Waals surface area contributed by atoms with Crippen molar-refractivity contribution in [1.82, 2.24) is 20.4 Å². The number of anilines is 1. The van der Waals surface area contributed by atoms with E-state index in [2.05, 4.69) is 20.8 Å². The third kappa shape index (κ3) is 6.07. The number of nitrogens with one attached hydrogen (secondary N) is 2. The summed E-state index contributed by atoms with van der Waals surface area (Å²) in [6, 6.07) is 11.1. The molecule has 2 aromatic heterocycles. The SMILES string of the molecule is Cc1ccc(NC(=O)c2nnc(C(=O)N3CCC(CC(=O)NCc4ccc(C)o4)CC3)s2)cc1. The van der Waals surface area contributed by atoms with Crippen molar-refractivity contribution >= 4 is 34.7 Å². The largest absolute Gasteiger partial charge is 0.465 e. The molecule has 3 heterocycles. The van der Waals surface area contributed by atoms with E-state index in [9.17, 15) is 14.4 Å². The van der Waals surface area contributed by atoms with E-state index in [1.165, 1.54) is 0 Å². The van der Waals surface area contributed by atoms with E-state index in [0.717, 1.165) is 41.3 Å². The molecule has 3 aromatic rings. The van der Waals surface area contributed by atoms with Crippen LogP contribution in [0.3, 0.4) is 0 Å². The molecule has 1 saturated heterocycles. The minimum atomic E-state index is -0.394. The first-order valence-electron chi connectivity index (χ1n) is 11.2. The molecule has 1 fully saturated rings. The van der Waals surface area contributed by atoms with Gasteiger partial charge in [-0.05, 0) is 56.9 Å². The van der Waals surface area contributed by atoms with Gasteiger partial charge in [-0.3, -0.25) is 14.4 Å². The molecule has 0 atom stereocenters. The number of aryl methyl sites for hydroxylation is 2. The van der Waals surface area contributed by atoms with Crippen LogP contribution in [0.2, 0.25) is 0 Å². The Kier molecular flexibility index (Phi) is 7.36. The first-order valence-corrected chi connectivity index (χ1v) is 12.0. The molecular formula is C24H27N5O4S. The Bertz CT molecular complexity index is 1160. The van der Waals surface area contributed by atoms with Crippen LogP contribution in [0.4, 0.5) is 5.69 Å². The van der Waals surface area contributed by atoms with Crippen molar-refractivity contribution in [2.45, 2.75) is 39.7 Å². The van der Waals surface area contributed by atoms with Gasteiger partial charge in [0.25, 0.3) is 11.8 Å². The molecule has 0 aliphatic carbocycles. The molecule has 0 radical (unpaired) electrons. The van der Waals surface area contributed by atoms with Crippen LogP contribution >= 0.6 is 11.3 Å². The van der Waals surface area contributed by atoms with Crippen LogP contribution in [0.1, 0.15) is 56.0 Å². The molecule has 0 bridgehead atoms. The number of hydrogen-bond acceptors (Lipinski definition) is 7. The topological polar surface area (TPSA) is 117 Å². The smallest absolute Gasteiger partial charge is 0.286 e. The van der Waals surface area contributed by atoms with Crippen molar-refractivity contribution < 1.29 is 18.8 Å². The van der Waals surface area contributed by atoms with Crippen LogP contribution in [-0.2, 0) is 11.3 Å². The number of nitrogens with zero attached hydrogens (tertiary/aromatic N) is 3. The minimum absolute atomic E-state index is 0.0211. The van der Waals surface area contributed by atoms with Crippen molar-refractivity contribution in [2.75, 3.05) is 18.4 Å². The van der Waals surface area contributed by atoms with Crippen molar-refractivity contribution in [3.8, 4) is 0 Å². The first kappa shape index (κ1) is 23.6. The van der Waals surface area contributed by atoms with Crippen molar-refractivity contribution in [2.24, 2.45) is 5.92 Å². The van der Waals surface area contributed by atoms with Gasteiger partial charge in [-0.1, -0.05) is 29.0 Å². The summed E-state index contributed by atoms with van der Waals surface area (Å²) in [4.78, 5) is 39.2. The average Bonchev–Trinajstić information content (AvgIpc) is 3.49. The number of rotatable bonds is 7. The van der Waals surface area contributed by atoms with Crippen LogP contribution in [0.5, 0.6) is 0 Å². The third-order valence-corrected chi connectivity index (χ3v) is 6.65. The van der Waals surface area contributed by atoms with Crippen molar-refractivity contribution in [3.63, 3.8) is 0 Å². The maximum Gasteiger partial charge on any atom is 0.286 e. The Hall–Kier alpha value is -3.53. The standard InChI is InChI=1S/C24H27N5O4S/c1-15-3-6-18(7-4-15)26-21(31)22-27-28-23(34-22)24(32)29-11-9-17(10-12-29)13-20(30)25-14-19-8-5-16(2)33-19/h3-8,17H,9-14H2,1-2H3,(H,25,30)(H,26,31). The molecule has 2 N–H and O–H groups in total. The summed E-state index contributed by atoms with van der Waals surface area (Å²) in [7, 11) is 0. The van der Waals surface area contributed by atoms with Crippen LogP contribution in [0.25, 0.3) is 0 Å². The van der Waals surface area contributed by atoms with E-state index in [4.69, 9.17) is 4.42 Å². The molecule has 34 heavy (non-hydrogen) atoms. The van der Waals surface area contributed by atoms with E-state index >= 15 is 0 Å². The zero-order chi connectivity index (χ0) is 24.1.